The molecule has 3 heteroatoms. The molecule has 0 bridgehead atoms. The Hall–Kier alpha value is -1.22. The molecule has 15 heavy (non-hydrogen) atoms. The van der Waals surface area contributed by atoms with Crippen molar-refractivity contribution in [2.45, 2.75) is 25.8 Å². The molecule has 1 fully saturated rings. The number of aromatic hydroxyl groups is 1. The molecule has 0 heterocycles. The minimum atomic E-state index is 0.0894. The first-order valence-corrected chi connectivity index (χ1v) is 5.11. The van der Waals surface area contributed by atoms with Gasteiger partial charge in [0, 0.05) is 18.0 Å². The van der Waals surface area contributed by atoms with Crippen molar-refractivity contribution in [2.24, 2.45) is 11.1 Å². The van der Waals surface area contributed by atoms with Gasteiger partial charge in [0.2, 0.25) is 0 Å². The molecule has 0 spiro atoms. The van der Waals surface area contributed by atoms with Crippen LogP contribution < -0.4 is 10.5 Å². The van der Waals surface area contributed by atoms with Crippen LogP contribution in [0.1, 0.15) is 25.3 Å². The van der Waals surface area contributed by atoms with Crippen LogP contribution >= 0.6 is 0 Å². The van der Waals surface area contributed by atoms with Gasteiger partial charge in [-0.25, -0.2) is 0 Å². The normalized spacial score (nSPS) is 27.5. The lowest BCUT2D eigenvalue weighted by atomic mass is 10.0. The first-order chi connectivity index (χ1) is 6.98. The average molecular weight is 207 g/mol. The van der Waals surface area contributed by atoms with Gasteiger partial charge in [-0.3, -0.25) is 0 Å². The van der Waals surface area contributed by atoms with Crippen LogP contribution in [0.2, 0.25) is 0 Å². The molecular formula is C12H17NO2. The van der Waals surface area contributed by atoms with Gasteiger partial charge in [0.05, 0.1) is 7.11 Å². The molecule has 1 aliphatic rings. The number of benzene rings is 1. The molecule has 2 unspecified atom stereocenters. The summed E-state index contributed by atoms with van der Waals surface area (Å²) in [6.07, 6.45) is 0. The Morgan fingerprint density at radius 1 is 1.40 bits per heavy atom. The minimum Gasteiger partial charge on any atom is -0.508 e. The highest BCUT2D eigenvalue weighted by molar-refractivity contribution is 5.47. The third kappa shape index (κ3) is 1.47. The maximum atomic E-state index is 9.85. The number of ether oxygens (including phenoxy) is 1. The first-order valence-electron chi connectivity index (χ1n) is 5.11. The Morgan fingerprint density at radius 3 is 2.40 bits per heavy atom. The molecule has 1 aliphatic carbocycles. The van der Waals surface area contributed by atoms with Gasteiger partial charge in [0.25, 0.3) is 0 Å². The van der Waals surface area contributed by atoms with Gasteiger partial charge in [0.1, 0.15) is 11.5 Å². The fourth-order valence-electron chi connectivity index (χ4n) is 2.19. The number of rotatable bonds is 2. The van der Waals surface area contributed by atoms with Gasteiger partial charge < -0.3 is 15.6 Å². The summed E-state index contributed by atoms with van der Waals surface area (Å²) in [5.41, 5.74) is 6.99. The Balaban J connectivity index is 2.32. The van der Waals surface area contributed by atoms with E-state index in [0.29, 0.717) is 5.75 Å². The van der Waals surface area contributed by atoms with E-state index in [0.717, 1.165) is 5.56 Å². The average Bonchev–Trinajstić information content (AvgIpc) is 2.67. The topological polar surface area (TPSA) is 55.5 Å². The van der Waals surface area contributed by atoms with Gasteiger partial charge in [-0.05, 0) is 17.0 Å². The smallest absolute Gasteiger partial charge is 0.122 e. The summed E-state index contributed by atoms with van der Waals surface area (Å²) in [6, 6.07) is 5.52. The van der Waals surface area contributed by atoms with Crippen LogP contribution in [-0.2, 0) is 0 Å². The van der Waals surface area contributed by atoms with Crippen LogP contribution in [-0.4, -0.2) is 18.3 Å². The van der Waals surface area contributed by atoms with E-state index in [9.17, 15) is 5.11 Å². The monoisotopic (exact) mass is 207 g/mol. The Bertz CT molecular complexity index is 387. The maximum Gasteiger partial charge on any atom is 0.122 e. The molecule has 2 rings (SSSR count). The second-order valence-electron chi connectivity index (χ2n) is 4.75. The molecule has 0 saturated heterocycles. The van der Waals surface area contributed by atoms with Gasteiger partial charge >= 0.3 is 0 Å². The largest absolute Gasteiger partial charge is 0.508 e. The maximum absolute atomic E-state index is 9.85. The summed E-state index contributed by atoms with van der Waals surface area (Å²) in [5, 5.41) is 9.85. The fourth-order valence-corrected chi connectivity index (χ4v) is 2.19. The second-order valence-corrected chi connectivity index (χ2v) is 4.75. The van der Waals surface area contributed by atoms with E-state index in [-0.39, 0.29) is 23.1 Å². The molecule has 3 nitrogen and oxygen atoms in total. The molecule has 82 valence electrons. The van der Waals surface area contributed by atoms with Crippen LogP contribution in [0.15, 0.2) is 18.2 Å². The summed E-state index contributed by atoms with van der Waals surface area (Å²) < 4.78 is 5.04. The lowest BCUT2D eigenvalue weighted by Gasteiger charge is -2.07. The number of hydrogen-bond acceptors (Lipinski definition) is 3. The molecule has 0 radical (unpaired) electrons. The van der Waals surface area contributed by atoms with E-state index >= 15 is 0 Å². The quantitative estimate of drug-likeness (QED) is 0.778. The Morgan fingerprint density at radius 2 is 2.00 bits per heavy atom. The van der Waals surface area contributed by atoms with E-state index < -0.39 is 0 Å². The SMILES string of the molecule is COc1ccc(C2C(N)C2(C)C)c(O)c1. The number of methoxy groups -OCH3 is 1. The molecule has 0 aliphatic heterocycles. The van der Waals surface area contributed by atoms with E-state index in [1.54, 1.807) is 13.2 Å². The second kappa shape index (κ2) is 3.14. The van der Waals surface area contributed by atoms with Gasteiger partial charge in [-0.15, -0.1) is 0 Å². The van der Waals surface area contributed by atoms with Crippen LogP contribution in [0, 0.1) is 5.41 Å². The summed E-state index contributed by atoms with van der Waals surface area (Å²) in [7, 11) is 1.58. The Labute approximate surface area is 89.9 Å². The third-order valence-electron chi connectivity index (χ3n) is 3.48. The van der Waals surface area contributed by atoms with Crippen molar-refractivity contribution in [3.63, 3.8) is 0 Å². The van der Waals surface area contributed by atoms with Crippen molar-refractivity contribution >= 4 is 0 Å². The zero-order chi connectivity index (χ0) is 11.2. The standard InChI is InChI=1S/C12H17NO2/c1-12(2)10(11(12)13)8-5-4-7(15-3)6-9(8)14/h4-6,10-11,14H,13H2,1-3H3. The lowest BCUT2D eigenvalue weighted by Crippen LogP contribution is -2.06. The molecular weight excluding hydrogens is 190 g/mol. The van der Waals surface area contributed by atoms with Crippen LogP contribution in [0.5, 0.6) is 11.5 Å². The van der Waals surface area contributed by atoms with Crippen molar-refractivity contribution in [2.75, 3.05) is 7.11 Å². The van der Waals surface area contributed by atoms with Gasteiger partial charge in [-0.1, -0.05) is 19.9 Å². The van der Waals surface area contributed by atoms with Crippen LogP contribution in [0.3, 0.4) is 0 Å². The highest BCUT2D eigenvalue weighted by atomic mass is 16.5. The van der Waals surface area contributed by atoms with Crippen molar-refractivity contribution < 1.29 is 9.84 Å². The predicted molar refractivity (Wildman–Crippen MR) is 59.2 cm³/mol. The van der Waals surface area contributed by atoms with Gasteiger partial charge in [0.15, 0.2) is 0 Å². The highest BCUT2D eigenvalue weighted by Gasteiger charge is 2.56. The lowest BCUT2D eigenvalue weighted by molar-refractivity contribution is 0.406. The predicted octanol–water partition coefficient (Wildman–Crippen LogP) is 1.85. The summed E-state index contributed by atoms with van der Waals surface area (Å²) >= 11 is 0. The summed E-state index contributed by atoms with van der Waals surface area (Å²) in [5.74, 6) is 1.20. The highest BCUT2D eigenvalue weighted by Crippen LogP contribution is 2.59. The number of nitrogens with two attached hydrogens (primary N) is 1. The van der Waals surface area contributed by atoms with Crippen molar-refractivity contribution in [3.8, 4) is 11.5 Å². The van der Waals surface area contributed by atoms with Crippen LogP contribution in [0.25, 0.3) is 0 Å². The molecule has 1 aromatic rings. The van der Waals surface area contributed by atoms with Crippen LogP contribution in [0.4, 0.5) is 0 Å². The number of phenolic OH excluding ortho intramolecular Hbond substituents is 1. The number of phenols is 1. The summed E-state index contributed by atoms with van der Waals surface area (Å²) in [4.78, 5) is 0. The zero-order valence-corrected chi connectivity index (χ0v) is 9.32. The Kier molecular flexibility index (Phi) is 2.15. The molecule has 1 aromatic carbocycles. The molecule has 1 saturated carbocycles. The van der Waals surface area contributed by atoms with Crippen molar-refractivity contribution in [1.29, 1.82) is 0 Å². The fraction of sp³-hybridized carbons (Fsp3) is 0.500. The third-order valence-corrected chi connectivity index (χ3v) is 3.48. The van der Waals surface area contributed by atoms with E-state index in [2.05, 4.69) is 13.8 Å². The van der Waals surface area contributed by atoms with E-state index in [1.165, 1.54) is 0 Å². The van der Waals surface area contributed by atoms with E-state index in [4.69, 9.17) is 10.5 Å². The zero-order valence-electron chi connectivity index (χ0n) is 9.32. The van der Waals surface area contributed by atoms with E-state index in [1.807, 2.05) is 12.1 Å². The number of hydrogen-bond donors (Lipinski definition) is 2. The van der Waals surface area contributed by atoms with Crippen molar-refractivity contribution in [3.05, 3.63) is 23.8 Å². The van der Waals surface area contributed by atoms with Crippen molar-refractivity contribution in [1.82, 2.24) is 0 Å². The minimum absolute atomic E-state index is 0.0894. The molecule has 3 N–H and O–H groups in total. The molecule has 0 amide bonds. The summed E-state index contributed by atoms with van der Waals surface area (Å²) in [6.45, 7) is 4.23. The molecule has 2 atom stereocenters. The first kappa shape index (κ1) is 10.3. The molecule has 0 aromatic heterocycles. The van der Waals surface area contributed by atoms with Gasteiger partial charge in [-0.2, -0.15) is 0 Å².